The molecule has 1 aliphatic rings. The van der Waals surface area contributed by atoms with Gasteiger partial charge in [-0.1, -0.05) is 12.1 Å². The van der Waals surface area contributed by atoms with E-state index in [-0.39, 0.29) is 25.2 Å². The molecule has 0 aromatic heterocycles. The maximum absolute atomic E-state index is 11.3. The molecule has 6 nitrogen and oxygen atoms in total. The molecule has 20 heavy (non-hydrogen) atoms. The Balaban J connectivity index is 1.87. The summed E-state index contributed by atoms with van der Waals surface area (Å²) in [6.07, 6.45) is 0.375. The number of rotatable bonds is 6. The monoisotopic (exact) mass is 278 g/mol. The number of benzene rings is 1. The molecule has 0 radical (unpaired) electrons. The van der Waals surface area contributed by atoms with Crippen molar-refractivity contribution in [2.45, 2.75) is 19.4 Å². The summed E-state index contributed by atoms with van der Waals surface area (Å²) < 4.78 is 9.97. The van der Waals surface area contributed by atoms with E-state index in [1.165, 1.54) is 0 Å². The lowest BCUT2D eigenvalue weighted by Gasteiger charge is -2.13. The van der Waals surface area contributed by atoms with Crippen molar-refractivity contribution in [1.29, 1.82) is 0 Å². The number of hydrogen-bond donors (Lipinski definition) is 2. The third-order valence-electron chi connectivity index (χ3n) is 3.01. The molecule has 0 saturated carbocycles. The zero-order chi connectivity index (χ0) is 14.5. The molecule has 0 aliphatic carbocycles. The second kappa shape index (κ2) is 6.49. The van der Waals surface area contributed by atoms with E-state index in [4.69, 9.17) is 15.2 Å². The van der Waals surface area contributed by atoms with Crippen molar-refractivity contribution in [3.05, 3.63) is 29.3 Å². The molecular weight excluding hydrogens is 260 g/mol. The lowest BCUT2D eigenvalue weighted by Crippen LogP contribution is -2.21. The normalized spacial score (nSPS) is 14.6. The van der Waals surface area contributed by atoms with Crippen LogP contribution in [0.2, 0.25) is 0 Å². The smallest absolute Gasteiger partial charge is 0.332 e. The molecule has 1 aliphatic heterocycles. The van der Waals surface area contributed by atoms with E-state index in [2.05, 4.69) is 5.32 Å². The lowest BCUT2D eigenvalue weighted by atomic mass is 10.0. The van der Waals surface area contributed by atoms with Gasteiger partial charge in [-0.05, 0) is 24.1 Å². The van der Waals surface area contributed by atoms with Gasteiger partial charge in [-0.2, -0.15) is 0 Å². The molecule has 0 fully saturated rings. The van der Waals surface area contributed by atoms with Crippen LogP contribution in [0.1, 0.15) is 24.1 Å². The summed E-state index contributed by atoms with van der Waals surface area (Å²) in [6, 6.07) is 5.24. The van der Waals surface area contributed by atoms with E-state index in [0.29, 0.717) is 13.0 Å². The number of hydrogen-bond acceptors (Lipinski definition) is 5. The quantitative estimate of drug-likeness (QED) is 0.750. The number of amides is 1. The largest absolute Gasteiger partial charge is 0.464 e. The predicted molar refractivity (Wildman–Crippen MR) is 73.2 cm³/mol. The first kappa shape index (κ1) is 14.5. The summed E-state index contributed by atoms with van der Waals surface area (Å²) in [4.78, 5) is 22.4. The van der Waals surface area contributed by atoms with Crippen LogP contribution in [0.25, 0.3) is 0 Å². The molecule has 1 unspecified atom stereocenters. The van der Waals surface area contributed by atoms with Crippen molar-refractivity contribution in [3.8, 4) is 0 Å². The molecule has 0 bridgehead atoms. The summed E-state index contributed by atoms with van der Waals surface area (Å²) in [5.41, 5.74) is 8.65. The Morgan fingerprint density at radius 1 is 1.50 bits per heavy atom. The Morgan fingerprint density at radius 3 is 3.05 bits per heavy atom. The average molecular weight is 278 g/mol. The van der Waals surface area contributed by atoms with Gasteiger partial charge in [0.25, 0.3) is 0 Å². The van der Waals surface area contributed by atoms with Gasteiger partial charge < -0.3 is 20.5 Å². The second-order valence-corrected chi connectivity index (χ2v) is 4.57. The zero-order valence-electron chi connectivity index (χ0n) is 11.3. The number of anilines is 1. The third-order valence-corrected chi connectivity index (χ3v) is 3.01. The Kier molecular flexibility index (Phi) is 4.70. The van der Waals surface area contributed by atoms with Crippen LogP contribution in [-0.4, -0.2) is 31.7 Å². The number of nitrogens with two attached hydrogens (primary N) is 1. The van der Waals surface area contributed by atoms with Gasteiger partial charge in [0.15, 0.2) is 0 Å². The fourth-order valence-electron chi connectivity index (χ4n) is 2.05. The minimum atomic E-state index is -0.400. The third kappa shape index (κ3) is 3.55. The molecule has 1 aromatic carbocycles. The molecule has 2 rings (SSSR count). The van der Waals surface area contributed by atoms with Crippen LogP contribution in [0.15, 0.2) is 18.2 Å². The molecule has 1 heterocycles. The first-order valence-electron chi connectivity index (χ1n) is 6.51. The van der Waals surface area contributed by atoms with Crippen molar-refractivity contribution >= 4 is 17.6 Å². The van der Waals surface area contributed by atoms with Crippen molar-refractivity contribution in [2.75, 3.05) is 25.1 Å². The summed E-state index contributed by atoms with van der Waals surface area (Å²) in [7, 11) is 0. The molecule has 6 heteroatoms. The molecular formula is C14H18N2O4. The van der Waals surface area contributed by atoms with Gasteiger partial charge in [0.05, 0.1) is 25.7 Å². The maximum atomic E-state index is 11.3. The lowest BCUT2D eigenvalue weighted by molar-refractivity contribution is -0.148. The Bertz CT molecular complexity index is 516. The average Bonchev–Trinajstić information content (AvgIpc) is 2.77. The molecule has 1 aromatic rings. The van der Waals surface area contributed by atoms with Crippen LogP contribution >= 0.6 is 0 Å². The molecule has 1 amide bonds. The fraction of sp³-hybridized carbons (Fsp3) is 0.429. The number of carbonyl (C=O) groups excluding carboxylic acids is 2. The fourth-order valence-corrected chi connectivity index (χ4v) is 2.05. The summed E-state index contributed by atoms with van der Waals surface area (Å²) in [5.74, 6) is -0.410. The maximum Gasteiger partial charge on any atom is 0.332 e. The Morgan fingerprint density at radius 2 is 2.30 bits per heavy atom. The number of fused-ring (bicyclic) bond motifs is 1. The molecule has 3 N–H and O–H groups in total. The molecule has 0 saturated heterocycles. The van der Waals surface area contributed by atoms with E-state index < -0.39 is 5.97 Å². The van der Waals surface area contributed by atoms with Crippen LogP contribution < -0.4 is 11.1 Å². The van der Waals surface area contributed by atoms with Crippen LogP contribution in [0.3, 0.4) is 0 Å². The van der Waals surface area contributed by atoms with Gasteiger partial charge in [-0.15, -0.1) is 0 Å². The zero-order valence-corrected chi connectivity index (χ0v) is 11.3. The van der Waals surface area contributed by atoms with Gasteiger partial charge in [-0.3, -0.25) is 4.79 Å². The van der Waals surface area contributed by atoms with Gasteiger partial charge in [0.2, 0.25) is 5.91 Å². The standard InChI is InChI=1S/C14H18N2O4/c1-2-20-14(18)8-19-7-11(15)9-3-4-12-10(5-9)6-13(17)16-12/h3-5,11H,2,6-8,15H2,1H3,(H,16,17). The first-order valence-corrected chi connectivity index (χ1v) is 6.51. The van der Waals surface area contributed by atoms with Crippen LogP contribution in [-0.2, 0) is 25.5 Å². The number of esters is 1. The van der Waals surface area contributed by atoms with Crippen molar-refractivity contribution < 1.29 is 19.1 Å². The molecule has 108 valence electrons. The highest BCUT2D eigenvalue weighted by atomic mass is 16.6. The highest BCUT2D eigenvalue weighted by Gasteiger charge is 2.19. The molecule has 0 spiro atoms. The van der Waals surface area contributed by atoms with Gasteiger partial charge in [0.1, 0.15) is 6.61 Å². The van der Waals surface area contributed by atoms with Gasteiger partial charge >= 0.3 is 5.97 Å². The van der Waals surface area contributed by atoms with E-state index in [1.54, 1.807) is 6.92 Å². The number of nitrogens with one attached hydrogen (secondary N) is 1. The summed E-state index contributed by atoms with van der Waals surface area (Å²) >= 11 is 0. The van der Waals surface area contributed by atoms with Crippen LogP contribution in [0.4, 0.5) is 5.69 Å². The van der Waals surface area contributed by atoms with Crippen molar-refractivity contribution in [3.63, 3.8) is 0 Å². The highest BCUT2D eigenvalue weighted by Crippen LogP contribution is 2.25. The minimum Gasteiger partial charge on any atom is -0.464 e. The van der Waals surface area contributed by atoms with Crippen molar-refractivity contribution in [1.82, 2.24) is 0 Å². The van der Waals surface area contributed by atoms with Crippen LogP contribution in [0, 0.1) is 0 Å². The highest BCUT2D eigenvalue weighted by molar-refractivity contribution is 5.99. The van der Waals surface area contributed by atoms with E-state index in [1.807, 2.05) is 18.2 Å². The van der Waals surface area contributed by atoms with E-state index in [9.17, 15) is 9.59 Å². The van der Waals surface area contributed by atoms with E-state index >= 15 is 0 Å². The Hall–Kier alpha value is -1.92. The Labute approximate surface area is 117 Å². The SMILES string of the molecule is CCOC(=O)COCC(N)c1ccc2c(c1)CC(=O)N2. The second-order valence-electron chi connectivity index (χ2n) is 4.57. The number of carbonyl (C=O) groups is 2. The number of ether oxygens (including phenoxy) is 2. The van der Waals surface area contributed by atoms with Crippen molar-refractivity contribution in [2.24, 2.45) is 5.73 Å². The minimum absolute atomic E-state index is 0.00992. The summed E-state index contributed by atoms with van der Waals surface area (Å²) in [5, 5.41) is 2.76. The van der Waals surface area contributed by atoms with Crippen LogP contribution in [0.5, 0.6) is 0 Å². The molecule has 1 atom stereocenters. The van der Waals surface area contributed by atoms with Gasteiger partial charge in [-0.25, -0.2) is 4.79 Å². The summed E-state index contributed by atoms with van der Waals surface area (Å²) in [6.45, 7) is 2.19. The first-order chi connectivity index (χ1) is 9.60. The van der Waals surface area contributed by atoms with E-state index in [0.717, 1.165) is 16.8 Å². The topological polar surface area (TPSA) is 90.7 Å². The van der Waals surface area contributed by atoms with Gasteiger partial charge in [0, 0.05) is 5.69 Å². The predicted octanol–water partition coefficient (Wildman–Crippen LogP) is 0.761.